The van der Waals surface area contributed by atoms with E-state index in [0.29, 0.717) is 12.2 Å². The molecular formula is C18H16O4. The lowest BCUT2D eigenvalue weighted by Gasteiger charge is -2.01. The number of rotatable bonds is 5. The maximum Gasteiger partial charge on any atom is 0.338 e. The fraction of sp³-hybridized carbons (Fsp3) is 0.111. The third-order valence-corrected chi connectivity index (χ3v) is 3.05. The van der Waals surface area contributed by atoms with E-state index in [0.717, 1.165) is 11.1 Å². The van der Waals surface area contributed by atoms with Crippen LogP contribution in [0.1, 0.15) is 38.8 Å². The molecule has 2 aromatic carbocycles. The van der Waals surface area contributed by atoms with Crippen LogP contribution in [0, 0.1) is 0 Å². The van der Waals surface area contributed by atoms with Crippen LogP contribution in [0.3, 0.4) is 0 Å². The topological polar surface area (TPSA) is 63.6 Å². The molecule has 0 radical (unpaired) electrons. The van der Waals surface area contributed by atoms with Gasteiger partial charge in [-0.15, -0.1) is 0 Å². The van der Waals surface area contributed by atoms with Crippen molar-refractivity contribution in [3.05, 3.63) is 70.8 Å². The molecule has 0 aliphatic heterocycles. The Hall–Kier alpha value is -2.88. The Morgan fingerprint density at radius 1 is 0.909 bits per heavy atom. The molecule has 4 heteroatoms. The Kier molecular flexibility index (Phi) is 5.09. The Morgan fingerprint density at radius 3 is 1.77 bits per heavy atom. The Morgan fingerprint density at radius 2 is 1.36 bits per heavy atom. The second-order valence-electron chi connectivity index (χ2n) is 4.60. The van der Waals surface area contributed by atoms with Gasteiger partial charge >= 0.3 is 11.9 Å². The van der Waals surface area contributed by atoms with Crippen LogP contribution in [-0.2, 0) is 4.74 Å². The quantitative estimate of drug-likeness (QED) is 0.674. The molecule has 0 fully saturated rings. The van der Waals surface area contributed by atoms with Gasteiger partial charge in [-0.3, -0.25) is 0 Å². The molecular weight excluding hydrogens is 280 g/mol. The number of esters is 1. The van der Waals surface area contributed by atoms with Gasteiger partial charge in [0, 0.05) is 0 Å². The number of carboxylic acids is 1. The highest BCUT2D eigenvalue weighted by molar-refractivity contribution is 5.90. The summed E-state index contributed by atoms with van der Waals surface area (Å²) in [4.78, 5) is 22.3. The van der Waals surface area contributed by atoms with Crippen molar-refractivity contribution in [2.75, 3.05) is 6.61 Å². The number of ether oxygens (including phenoxy) is 1. The van der Waals surface area contributed by atoms with E-state index in [1.54, 1.807) is 43.3 Å². The van der Waals surface area contributed by atoms with Gasteiger partial charge in [0.25, 0.3) is 0 Å². The third kappa shape index (κ3) is 4.06. The van der Waals surface area contributed by atoms with E-state index >= 15 is 0 Å². The Balaban J connectivity index is 2.06. The van der Waals surface area contributed by atoms with Crippen molar-refractivity contribution in [3.63, 3.8) is 0 Å². The first-order valence-electron chi connectivity index (χ1n) is 6.89. The van der Waals surface area contributed by atoms with Crippen molar-refractivity contribution >= 4 is 24.1 Å². The number of carbonyl (C=O) groups excluding carboxylic acids is 1. The molecule has 112 valence electrons. The van der Waals surface area contributed by atoms with E-state index in [1.165, 1.54) is 0 Å². The highest BCUT2D eigenvalue weighted by Gasteiger charge is 2.04. The monoisotopic (exact) mass is 296 g/mol. The average molecular weight is 296 g/mol. The minimum absolute atomic E-state index is 0.260. The fourth-order valence-electron chi connectivity index (χ4n) is 1.87. The number of hydrogen-bond acceptors (Lipinski definition) is 3. The lowest BCUT2D eigenvalue weighted by molar-refractivity contribution is 0.0526. The molecule has 22 heavy (non-hydrogen) atoms. The number of carbonyl (C=O) groups is 2. The summed E-state index contributed by atoms with van der Waals surface area (Å²) in [6.45, 7) is 2.12. The van der Waals surface area contributed by atoms with Gasteiger partial charge in [-0.1, -0.05) is 36.4 Å². The second kappa shape index (κ2) is 7.22. The van der Waals surface area contributed by atoms with Gasteiger partial charge in [-0.05, 0) is 42.3 Å². The summed E-state index contributed by atoms with van der Waals surface area (Å²) in [5.41, 5.74) is 2.62. The zero-order valence-corrected chi connectivity index (χ0v) is 12.2. The molecule has 0 saturated heterocycles. The van der Waals surface area contributed by atoms with Gasteiger partial charge in [0.1, 0.15) is 0 Å². The van der Waals surface area contributed by atoms with Crippen LogP contribution in [0.2, 0.25) is 0 Å². The summed E-state index contributed by atoms with van der Waals surface area (Å²) < 4.78 is 4.92. The largest absolute Gasteiger partial charge is 0.478 e. The van der Waals surface area contributed by atoms with Crippen LogP contribution >= 0.6 is 0 Å². The van der Waals surface area contributed by atoms with Crippen LogP contribution in [0.4, 0.5) is 0 Å². The normalized spacial score (nSPS) is 10.6. The van der Waals surface area contributed by atoms with Crippen LogP contribution in [0.25, 0.3) is 12.2 Å². The lowest BCUT2D eigenvalue weighted by atomic mass is 10.1. The number of carboxylic acid groups (broad SMARTS) is 1. The molecule has 0 unspecified atom stereocenters. The van der Waals surface area contributed by atoms with Crippen LogP contribution in [0.15, 0.2) is 48.5 Å². The maximum absolute atomic E-state index is 11.5. The number of benzene rings is 2. The molecule has 0 aliphatic rings. The Labute approximate surface area is 128 Å². The van der Waals surface area contributed by atoms with E-state index in [9.17, 15) is 9.59 Å². The molecule has 2 rings (SSSR count). The van der Waals surface area contributed by atoms with Gasteiger partial charge in [-0.2, -0.15) is 0 Å². The molecule has 0 saturated carbocycles. The van der Waals surface area contributed by atoms with E-state index in [2.05, 4.69) is 0 Å². The lowest BCUT2D eigenvalue weighted by Crippen LogP contribution is -2.03. The SMILES string of the molecule is CCOC(=O)c1ccc(C=Cc2ccc(C(=O)O)cc2)cc1. The molecule has 0 atom stereocenters. The van der Waals surface area contributed by atoms with Crippen molar-refractivity contribution in [1.82, 2.24) is 0 Å². The molecule has 0 heterocycles. The highest BCUT2D eigenvalue weighted by atomic mass is 16.5. The van der Waals surface area contributed by atoms with E-state index in [1.807, 2.05) is 24.3 Å². The van der Waals surface area contributed by atoms with Crippen molar-refractivity contribution in [2.45, 2.75) is 6.92 Å². The summed E-state index contributed by atoms with van der Waals surface area (Å²) in [5, 5.41) is 8.84. The molecule has 0 bridgehead atoms. The zero-order chi connectivity index (χ0) is 15.9. The van der Waals surface area contributed by atoms with Gasteiger partial charge < -0.3 is 9.84 Å². The predicted molar refractivity (Wildman–Crippen MR) is 84.7 cm³/mol. The van der Waals surface area contributed by atoms with Gasteiger partial charge in [0.15, 0.2) is 0 Å². The predicted octanol–water partition coefficient (Wildman–Crippen LogP) is 3.73. The third-order valence-electron chi connectivity index (χ3n) is 3.05. The Bertz CT molecular complexity index is 682. The first-order chi connectivity index (χ1) is 10.6. The van der Waals surface area contributed by atoms with Crippen molar-refractivity contribution in [2.24, 2.45) is 0 Å². The van der Waals surface area contributed by atoms with Crippen LogP contribution in [0.5, 0.6) is 0 Å². The van der Waals surface area contributed by atoms with Gasteiger partial charge in [-0.25, -0.2) is 9.59 Å². The van der Waals surface area contributed by atoms with E-state index < -0.39 is 5.97 Å². The van der Waals surface area contributed by atoms with Crippen molar-refractivity contribution < 1.29 is 19.4 Å². The molecule has 0 amide bonds. The van der Waals surface area contributed by atoms with E-state index in [-0.39, 0.29) is 11.5 Å². The maximum atomic E-state index is 11.5. The van der Waals surface area contributed by atoms with Crippen molar-refractivity contribution in [3.8, 4) is 0 Å². The molecule has 4 nitrogen and oxygen atoms in total. The number of hydrogen-bond donors (Lipinski definition) is 1. The van der Waals surface area contributed by atoms with Gasteiger partial charge in [0.2, 0.25) is 0 Å². The molecule has 2 aromatic rings. The first kappa shape index (κ1) is 15.5. The van der Waals surface area contributed by atoms with Crippen molar-refractivity contribution in [1.29, 1.82) is 0 Å². The average Bonchev–Trinajstić information content (AvgIpc) is 2.54. The van der Waals surface area contributed by atoms with Gasteiger partial charge in [0.05, 0.1) is 17.7 Å². The molecule has 0 aliphatic carbocycles. The second-order valence-corrected chi connectivity index (χ2v) is 4.60. The zero-order valence-electron chi connectivity index (χ0n) is 12.2. The smallest absolute Gasteiger partial charge is 0.338 e. The molecule has 1 N–H and O–H groups in total. The number of aromatic carboxylic acids is 1. The minimum atomic E-state index is -0.940. The molecule has 0 spiro atoms. The minimum Gasteiger partial charge on any atom is -0.478 e. The first-order valence-corrected chi connectivity index (χ1v) is 6.89. The standard InChI is InChI=1S/C18H16O4/c1-2-22-18(21)16-11-7-14(8-12-16)4-3-13-5-9-15(10-6-13)17(19)20/h3-12H,2H2,1H3,(H,19,20). The van der Waals surface area contributed by atoms with Crippen LogP contribution < -0.4 is 0 Å². The molecule has 0 aromatic heterocycles. The summed E-state index contributed by atoms with van der Waals surface area (Å²) in [6.07, 6.45) is 3.77. The highest BCUT2D eigenvalue weighted by Crippen LogP contribution is 2.11. The van der Waals surface area contributed by atoms with E-state index in [4.69, 9.17) is 9.84 Å². The summed E-state index contributed by atoms with van der Waals surface area (Å²) in [5.74, 6) is -1.27. The summed E-state index contributed by atoms with van der Waals surface area (Å²) in [6, 6.07) is 13.7. The summed E-state index contributed by atoms with van der Waals surface area (Å²) in [7, 11) is 0. The summed E-state index contributed by atoms with van der Waals surface area (Å²) >= 11 is 0. The fourth-order valence-corrected chi connectivity index (χ4v) is 1.87. The van der Waals surface area contributed by atoms with Crippen LogP contribution in [-0.4, -0.2) is 23.7 Å².